The molecule has 5 rings (SSSR count). The number of rotatable bonds is 7. The van der Waals surface area contributed by atoms with Crippen LogP contribution in [0, 0.1) is 5.82 Å². The zero-order valence-electron chi connectivity index (χ0n) is 18.8. The number of likely N-dealkylation sites (tertiary alicyclic amines) is 1. The molecular weight excluding hydrogens is 413 g/mol. The molecule has 2 heterocycles. The van der Waals surface area contributed by atoms with Gasteiger partial charge in [-0.15, -0.1) is 0 Å². The zero-order chi connectivity index (χ0) is 22.6. The van der Waals surface area contributed by atoms with Crippen LogP contribution in [-0.4, -0.2) is 34.1 Å². The van der Waals surface area contributed by atoms with Crippen LogP contribution in [0.5, 0.6) is 0 Å². The van der Waals surface area contributed by atoms with Crippen molar-refractivity contribution >= 4 is 11.0 Å². The Morgan fingerprint density at radius 2 is 1.55 bits per heavy atom. The third-order valence-electron chi connectivity index (χ3n) is 6.99. The number of nitrogens with zero attached hydrogens (tertiary/aromatic N) is 2. The average molecular weight is 444 g/mol. The predicted molar refractivity (Wildman–Crippen MR) is 131 cm³/mol. The molecule has 1 atom stereocenters. The van der Waals surface area contributed by atoms with E-state index in [-0.39, 0.29) is 23.5 Å². The molecule has 0 aliphatic carbocycles. The largest absolute Gasteiger partial charge is 0.326 e. The topological polar surface area (TPSA) is 41.0 Å². The fourth-order valence-corrected chi connectivity index (χ4v) is 5.26. The monoisotopic (exact) mass is 443 g/mol. The van der Waals surface area contributed by atoms with Crippen molar-refractivity contribution in [1.82, 2.24) is 14.5 Å². The first kappa shape index (κ1) is 21.7. The minimum atomic E-state index is -0.192. The van der Waals surface area contributed by atoms with Gasteiger partial charge in [-0.05, 0) is 67.6 Å². The fraction of sp³-hybridized carbons (Fsp3) is 0.321. The standard InChI is InChI=1S/C28H30FN3O/c29-23-14-12-22(13-15-23)25(21-7-2-1-3-8-21)9-6-18-31-19-16-24(17-20-31)32-27-11-5-4-10-26(27)30-28(32)33/h1-5,7-8,10-15,24-25H,6,9,16-20H2,(H,30,33). The number of imidazole rings is 1. The van der Waals surface area contributed by atoms with Crippen molar-refractivity contribution in [2.24, 2.45) is 0 Å². The molecule has 1 unspecified atom stereocenters. The highest BCUT2D eigenvalue weighted by Crippen LogP contribution is 2.30. The van der Waals surface area contributed by atoms with Gasteiger partial charge in [-0.3, -0.25) is 4.57 Å². The average Bonchev–Trinajstić information content (AvgIpc) is 3.19. The number of benzene rings is 3. The van der Waals surface area contributed by atoms with Crippen LogP contribution in [0.15, 0.2) is 83.7 Å². The first-order valence-electron chi connectivity index (χ1n) is 11.9. The third kappa shape index (κ3) is 4.79. The lowest BCUT2D eigenvalue weighted by atomic mass is 9.87. The van der Waals surface area contributed by atoms with Crippen molar-refractivity contribution < 1.29 is 4.39 Å². The van der Waals surface area contributed by atoms with Gasteiger partial charge in [0.2, 0.25) is 0 Å². The maximum Gasteiger partial charge on any atom is 0.326 e. The van der Waals surface area contributed by atoms with E-state index in [4.69, 9.17) is 0 Å². The van der Waals surface area contributed by atoms with Gasteiger partial charge in [-0.25, -0.2) is 9.18 Å². The van der Waals surface area contributed by atoms with Crippen molar-refractivity contribution in [2.45, 2.75) is 37.6 Å². The molecular formula is C28H30FN3O. The molecule has 4 aromatic rings. The SMILES string of the molecule is O=c1[nH]c2ccccc2n1C1CCN(CCCC(c2ccccc2)c2ccc(F)cc2)CC1. The first-order valence-corrected chi connectivity index (χ1v) is 11.9. The summed E-state index contributed by atoms with van der Waals surface area (Å²) in [6.45, 7) is 3.05. The van der Waals surface area contributed by atoms with Gasteiger partial charge < -0.3 is 9.88 Å². The van der Waals surface area contributed by atoms with E-state index >= 15 is 0 Å². The molecule has 1 aromatic heterocycles. The molecule has 0 saturated carbocycles. The molecule has 1 aliphatic rings. The summed E-state index contributed by atoms with van der Waals surface area (Å²) in [5, 5.41) is 0. The molecule has 3 aromatic carbocycles. The van der Waals surface area contributed by atoms with E-state index in [0.29, 0.717) is 0 Å². The summed E-state index contributed by atoms with van der Waals surface area (Å²) in [5.74, 6) is 0.0804. The van der Waals surface area contributed by atoms with Crippen LogP contribution < -0.4 is 5.69 Å². The van der Waals surface area contributed by atoms with Crippen LogP contribution in [0.4, 0.5) is 4.39 Å². The van der Waals surface area contributed by atoms with Crippen LogP contribution >= 0.6 is 0 Å². The van der Waals surface area contributed by atoms with Gasteiger partial charge in [0.25, 0.3) is 0 Å². The Hall–Kier alpha value is -3.18. The Labute approximate surface area is 193 Å². The molecule has 170 valence electrons. The minimum absolute atomic E-state index is 0.000323. The highest BCUT2D eigenvalue weighted by Gasteiger charge is 2.23. The van der Waals surface area contributed by atoms with Crippen LogP contribution in [0.2, 0.25) is 0 Å². The normalized spacial score (nSPS) is 16.3. The number of fused-ring (bicyclic) bond motifs is 1. The number of aromatic amines is 1. The molecule has 0 spiro atoms. The van der Waals surface area contributed by atoms with E-state index in [1.165, 1.54) is 11.1 Å². The first-order chi connectivity index (χ1) is 16.2. The number of nitrogens with one attached hydrogen (secondary N) is 1. The Morgan fingerprint density at radius 1 is 0.879 bits per heavy atom. The van der Waals surface area contributed by atoms with Gasteiger partial charge in [-0.1, -0.05) is 54.6 Å². The van der Waals surface area contributed by atoms with Gasteiger partial charge in [0.1, 0.15) is 5.82 Å². The van der Waals surface area contributed by atoms with Crippen molar-refractivity contribution in [3.63, 3.8) is 0 Å². The number of halogens is 1. The number of hydrogen-bond acceptors (Lipinski definition) is 2. The molecule has 5 heteroatoms. The van der Waals surface area contributed by atoms with Gasteiger partial charge in [0, 0.05) is 25.0 Å². The number of para-hydroxylation sites is 2. The second-order valence-corrected chi connectivity index (χ2v) is 9.05. The van der Waals surface area contributed by atoms with E-state index in [2.05, 4.69) is 34.1 Å². The molecule has 1 aliphatic heterocycles. The fourth-order valence-electron chi connectivity index (χ4n) is 5.26. The highest BCUT2D eigenvalue weighted by atomic mass is 19.1. The molecule has 33 heavy (non-hydrogen) atoms. The smallest absolute Gasteiger partial charge is 0.306 e. The Balaban J connectivity index is 1.20. The van der Waals surface area contributed by atoms with E-state index in [1.54, 1.807) is 12.1 Å². The molecule has 0 amide bonds. The maximum atomic E-state index is 13.5. The summed E-state index contributed by atoms with van der Waals surface area (Å²) in [4.78, 5) is 18.0. The minimum Gasteiger partial charge on any atom is -0.306 e. The van der Waals surface area contributed by atoms with Crippen molar-refractivity contribution in [1.29, 1.82) is 0 Å². The second kappa shape index (κ2) is 9.75. The Bertz CT molecular complexity index is 1240. The van der Waals surface area contributed by atoms with E-state index in [0.717, 1.165) is 56.4 Å². The summed E-state index contributed by atoms with van der Waals surface area (Å²) in [6.07, 6.45) is 4.08. The van der Waals surface area contributed by atoms with Crippen LogP contribution in [-0.2, 0) is 0 Å². The van der Waals surface area contributed by atoms with E-state index in [9.17, 15) is 9.18 Å². The lowest BCUT2D eigenvalue weighted by molar-refractivity contribution is 0.183. The summed E-state index contributed by atoms with van der Waals surface area (Å²) >= 11 is 0. The van der Waals surface area contributed by atoms with E-state index in [1.807, 2.05) is 47.0 Å². The second-order valence-electron chi connectivity index (χ2n) is 9.05. The number of H-pyrrole nitrogens is 1. The van der Waals surface area contributed by atoms with Crippen molar-refractivity contribution in [3.05, 3.63) is 106 Å². The Kier molecular flexibility index (Phi) is 6.40. The number of piperidine rings is 1. The quantitative estimate of drug-likeness (QED) is 0.397. The molecule has 1 saturated heterocycles. The Morgan fingerprint density at radius 3 is 2.30 bits per heavy atom. The lowest BCUT2D eigenvalue weighted by Gasteiger charge is -2.32. The molecule has 0 radical (unpaired) electrons. The third-order valence-corrected chi connectivity index (χ3v) is 6.99. The van der Waals surface area contributed by atoms with E-state index < -0.39 is 0 Å². The molecule has 1 fully saturated rings. The van der Waals surface area contributed by atoms with Crippen LogP contribution in [0.1, 0.15) is 48.8 Å². The molecule has 0 bridgehead atoms. The predicted octanol–water partition coefficient (Wildman–Crippen LogP) is 5.72. The van der Waals surface area contributed by atoms with Crippen molar-refractivity contribution in [2.75, 3.05) is 19.6 Å². The summed E-state index contributed by atoms with van der Waals surface area (Å²) in [6, 6.07) is 25.6. The summed E-state index contributed by atoms with van der Waals surface area (Å²) < 4.78 is 15.4. The van der Waals surface area contributed by atoms with Crippen molar-refractivity contribution in [3.8, 4) is 0 Å². The van der Waals surface area contributed by atoms with Gasteiger partial charge in [0.15, 0.2) is 0 Å². The summed E-state index contributed by atoms with van der Waals surface area (Å²) in [7, 11) is 0. The zero-order valence-corrected chi connectivity index (χ0v) is 18.8. The highest BCUT2D eigenvalue weighted by molar-refractivity contribution is 5.75. The number of hydrogen-bond donors (Lipinski definition) is 1. The van der Waals surface area contributed by atoms with Gasteiger partial charge in [0.05, 0.1) is 11.0 Å². The number of aromatic nitrogens is 2. The van der Waals surface area contributed by atoms with Crippen LogP contribution in [0.25, 0.3) is 11.0 Å². The maximum absolute atomic E-state index is 13.5. The lowest BCUT2D eigenvalue weighted by Crippen LogP contribution is -2.37. The molecule has 4 nitrogen and oxygen atoms in total. The molecule has 1 N–H and O–H groups in total. The van der Waals surface area contributed by atoms with Gasteiger partial charge >= 0.3 is 5.69 Å². The van der Waals surface area contributed by atoms with Gasteiger partial charge in [-0.2, -0.15) is 0 Å². The summed E-state index contributed by atoms with van der Waals surface area (Å²) in [5.41, 5.74) is 4.37. The van der Waals surface area contributed by atoms with Crippen LogP contribution in [0.3, 0.4) is 0 Å².